The summed E-state index contributed by atoms with van der Waals surface area (Å²) in [6, 6.07) is 3.94. The van der Waals surface area contributed by atoms with Crippen molar-refractivity contribution < 1.29 is 4.74 Å². The van der Waals surface area contributed by atoms with E-state index >= 15 is 0 Å². The van der Waals surface area contributed by atoms with Crippen molar-refractivity contribution in [3.8, 4) is 5.75 Å². The van der Waals surface area contributed by atoms with E-state index in [0.717, 1.165) is 42.2 Å². The summed E-state index contributed by atoms with van der Waals surface area (Å²) >= 11 is 0. The Morgan fingerprint density at radius 2 is 1.82 bits per heavy atom. The van der Waals surface area contributed by atoms with Crippen LogP contribution in [0.3, 0.4) is 0 Å². The van der Waals surface area contributed by atoms with Gasteiger partial charge >= 0.3 is 0 Å². The van der Waals surface area contributed by atoms with Crippen molar-refractivity contribution in [1.29, 1.82) is 0 Å². The van der Waals surface area contributed by atoms with Crippen LogP contribution in [0.2, 0.25) is 0 Å². The van der Waals surface area contributed by atoms with E-state index in [0.29, 0.717) is 6.61 Å². The normalized spacial score (nSPS) is 10.9. The van der Waals surface area contributed by atoms with E-state index in [-0.39, 0.29) is 0 Å². The molecule has 2 N–H and O–H groups in total. The maximum Gasteiger partial charge on any atom is 0.127 e. The number of hydrogen-bond donors (Lipinski definition) is 1. The lowest BCUT2D eigenvalue weighted by molar-refractivity contribution is 0.221. The summed E-state index contributed by atoms with van der Waals surface area (Å²) in [5.41, 5.74) is 8.88. The molecule has 0 amide bonds. The monoisotopic (exact) mass is 236 g/mol. The first kappa shape index (κ1) is 13.8. The van der Waals surface area contributed by atoms with Crippen molar-refractivity contribution in [3.63, 3.8) is 0 Å². The maximum absolute atomic E-state index is 5.88. The molecule has 0 unspecified atom stereocenters. The number of benzene rings is 1. The fourth-order valence-corrected chi connectivity index (χ4v) is 1.88. The highest BCUT2D eigenvalue weighted by Crippen LogP contribution is 2.27. The molecule has 1 rings (SSSR count). The van der Waals surface area contributed by atoms with Crippen LogP contribution in [0.4, 0.5) is 5.69 Å². The van der Waals surface area contributed by atoms with Crippen LogP contribution in [-0.4, -0.2) is 31.1 Å². The van der Waals surface area contributed by atoms with Crippen LogP contribution in [-0.2, 0) is 0 Å². The Hall–Kier alpha value is -1.22. The highest BCUT2D eigenvalue weighted by molar-refractivity contribution is 5.56. The molecule has 3 nitrogen and oxygen atoms in total. The van der Waals surface area contributed by atoms with Gasteiger partial charge in [-0.1, -0.05) is 19.9 Å². The van der Waals surface area contributed by atoms with Crippen molar-refractivity contribution in [2.45, 2.75) is 27.7 Å². The Balaban J connectivity index is 2.60. The van der Waals surface area contributed by atoms with Crippen LogP contribution in [0, 0.1) is 13.8 Å². The van der Waals surface area contributed by atoms with Gasteiger partial charge in [0.1, 0.15) is 12.4 Å². The molecule has 0 aromatic heterocycles. The minimum absolute atomic E-state index is 0.715. The molecule has 0 aliphatic heterocycles. The Kier molecular flexibility index (Phi) is 5.29. The standard InChI is InChI=1S/C14H24N2O/c1-5-16(6-2)9-10-17-14-11(3)7-8-13(15)12(14)4/h7-8H,5-6,9-10,15H2,1-4H3. The molecule has 0 aliphatic carbocycles. The molecule has 0 fully saturated rings. The summed E-state index contributed by atoms with van der Waals surface area (Å²) < 4.78 is 5.86. The van der Waals surface area contributed by atoms with Gasteiger partial charge < -0.3 is 15.4 Å². The first-order chi connectivity index (χ1) is 8.10. The summed E-state index contributed by atoms with van der Waals surface area (Å²) in [5.74, 6) is 0.942. The lowest BCUT2D eigenvalue weighted by Gasteiger charge is -2.19. The minimum atomic E-state index is 0.715. The molecule has 1 aromatic rings. The van der Waals surface area contributed by atoms with Crippen molar-refractivity contribution in [2.24, 2.45) is 0 Å². The molecule has 0 saturated heterocycles. The first-order valence-electron chi connectivity index (χ1n) is 6.31. The molecule has 17 heavy (non-hydrogen) atoms. The molecule has 3 heteroatoms. The lowest BCUT2D eigenvalue weighted by Crippen LogP contribution is -2.28. The molecule has 0 aliphatic rings. The zero-order valence-corrected chi connectivity index (χ0v) is 11.4. The topological polar surface area (TPSA) is 38.5 Å². The van der Waals surface area contributed by atoms with Gasteiger partial charge in [-0.2, -0.15) is 0 Å². The van der Waals surface area contributed by atoms with E-state index in [9.17, 15) is 0 Å². The largest absolute Gasteiger partial charge is 0.492 e. The van der Waals surface area contributed by atoms with Crippen molar-refractivity contribution in [2.75, 3.05) is 32.0 Å². The second kappa shape index (κ2) is 6.50. The summed E-state index contributed by atoms with van der Waals surface area (Å²) in [6.45, 7) is 12.2. The summed E-state index contributed by atoms with van der Waals surface area (Å²) in [4.78, 5) is 2.34. The van der Waals surface area contributed by atoms with Gasteiger partial charge in [0, 0.05) is 17.8 Å². The van der Waals surface area contributed by atoms with Gasteiger partial charge in [0.2, 0.25) is 0 Å². The molecule has 96 valence electrons. The predicted molar refractivity (Wildman–Crippen MR) is 73.6 cm³/mol. The molecule has 0 heterocycles. The van der Waals surface area contributed by atoms with Gasteiger partial charge in [-0.05, 0) is 38.6 Å². The third-order valence-electron chi connectivity index (χ3n) is 3.19. The Morgan fingerprint density at radius 3 is 2.41 bits per heavy atom. The molecule has 1 aromatic carbocycles. The van der Waals surface area contributed by atoms with Crippen molar-refractivity contribution in [1.82, 2.24) is 4.90 Å². The molecule has 0 atom stereocenters. The zero-order chi connectivity index (χ0) is 12.8. The molecular formula is C14H24N2O. The van der Waals surface area contributed by atoms with Crippen LogP contribution >= 0.6 is 0 Å². The second-order valence-electron chi connectivity index (χ2n) is 4.30. The SMILES string of the molecule is CCN(CC)CCOc1c(C)ccc(N)c1C. The Morgan fingerprint density at radius 1 is 1.18 bits per heavy atom. The number of anilines is 1. The molecule has 0 saturated carbocycles. The van der Waals surface area contributed by atoms with E-state index in [1.54, 1.807) is 0 Å². The number of ether oxygens (including phenoxy) is 1. The number of nitrogens with zero attached hydrogens (tertiary/aromatic N) is 1. The average Bonchev–Trinajstić information content (AvgIpc) is 2.33. The van der Waals surface area contributed by atoms with E-state index in [1.165, 1.54) is 0 Å². The van der Waals surface area contributed by atoms with E-state index < -0.39 is 0 Å². The van der Waals surface area contributed by atoms with Gasteiger partial charge in [0.15, 0.2) is 0 Å². The summed E-state index contributed by atoms with van der Waals surface area (Å²) in [6.07, 6.45) is 0. The zero-order valence-electron chi connectivity index (χ0n) is 11.4. The fourth-order valence-electron chi connectivity index (χ4n) is 1.88. The molecule has 0 spiro atoms. The average molecular weight is 236 g/mol. The quantitative estimate of drug-likeness (QED) is 0.772. The molecular weight excluding hydrogens is 212 g/mol. The Labute approximate surface area is 105 Å². The number of hydrogen-bond acceptors (Lipinski definition) is 3. The van der Waals surface area contributed by atoms with Crippen molar-refractivity contribution >= 4 is 5.69 Å². The fraction of sp³-hybridized carbons (Fsp3) is 0.571. The van der Waals surface area contributed by atoms with Gasteiger partial charge in [0.05, 0.1) is 0 Å². The number of nitrogens with two attached hydrogens (primary N) is 1. The highest BCUT2D eigenvalue weighted by atomic mass is 16.5. The number of aryl methyl sites for hydroxylation is 1. The van der Waals surface area contributed by atoms with Crippen LogP contribution in [0.5, 0.6) is 5.75 Å². The smallest absolute Gasteiger partial charge is 0.127 e. The van der Waals surface area contributed by atoms with E-state index in [1.807, 2.05) is 19.1 Å². The maximum atomic E-state index is 5.88. The summed E-state index contributed by atoms with van der Waals surface area (Å²) in [5, 5.41) is 0. The van der Waals surface area contributed by atoms with Gasteiger partial charge in [-0.15, -0.1) is 0 Å². The third-order valence-corrected chi connectivity index (χ3v) is 3.19. The predicted octanol–water partition coefficient (Wildman–Crippen LogP) is 2.61. The van der Waals surface area contributed by atoms with Crippen LogP contribution in [0.1, 0.15) is 25.0 Å². The van der Waals surface area contributed by atoms with Gasteiger partial charge in [-0.25, -0.2) is 0 Å². The molecule has 0 bridgehead atoms. The minimum Gasteiger partial charge on any atom is -0.492 e. The number of nitrogen functional groups attached to an aromatic ring is 1. The molecule has 0 radical (unpaired) electrons. The third kappa shape index (κ3) is 3.63. The van der Waals surface area contributed by atoms with Crippen molar-refractivity contribution in [3.05, 3.63) is 23.3 Å². The highest BCUT2D eigenvalue weighted by Gasteiger charge is 2.07. The van der Waals surface area contributed by atoms with Crippen LogP contribution in [0.15, 0.2) is 12.1 Å². The van der Waals surface area contributed by atoms with E-state index in [4.69, 9.17) is 10.5 Å². The first-order valence-corrected chi connectivity index (χ1v) is 6.31. The summed E-state index contributed by atoms with van der Waals surface area (Å²) in [7, 11) is 0. The van der Waals surface area contributed by atoms with Crippen LogP contribution in [0.25, 0.3) is 0 Å². The number of likely N-dealkylation sites (N-methyl/N-ethyl adjacent to an activating group) is 1. The number of rotatable bonds is 6. The Bertz CT molecular complexity index is 359. The van der Waals surface area contributed by atoms with Crippen LogP contribution < -0.4 is 10.5 Å². The van der Waals surface area contributed by atoms with Gasteiger partial charge in [-0.3, -0.25) is 0 Å². The van der Waals surface area contributed by atoms with Gasteiger partial charge in [0.25, 0.3) is 0 Å². The lowest BCUT2D eigenvalue weighted by atomic mass is 10.1. The van der Waals surface area contributed by atoms with E-state index in [2.05, 4.69) is 25.7 Å². The second-order valence-corrected chi connectivity index (χ2v) is 4.30.